The fourth-order valence-electron chi connectivity index (χ4n) is 3.14. The van der Waals surface area contributed by atoms with E-state index in [0.29, 0.717) is 36.8 Å². The lowest BCUT2D eigenvalue weighted by Crippen LogP contribution is -2.41. The molecule has 3 rings (SSSR count). The number of carbonyl (C=O) groups is 3. The van der Waals surface area contributed by atoms with Crippen molar-refractivity contribution in [3.63, 3.8) is 0 Å². The van der Waals surface area contributed by atoms with E-state index in [1.54, 1.807) is 24.3 Å². The summed E-state index contributed by atoms with van der Waals surface area (Å²) in [5.41, 5.74) is 0.657. The van der Waals surface area contributed by atoms with Crippen LogP contribution in [0.2, 0.25) is 0 Å². The van der Waals surface area contributed by atoms with Gasteiger partial charge < -0.3 is 19.5 Å². The number of nitrogens with zero attached hydrogens (tertiary/aromatic N) is 1. The number of nitrogens with one attached hydrogen (secondary N) is 1. The largest absolute Gasteiger partial charge is 0.490 e. The van der Waals surface area contributed by atoms with E-state index in [2.05, 4.69) is 11.2 Å². The first kappa shape index (κ1) is 22.7. The number of amides is 3. The van der Waals surface area contributed by atoms with Crippen LogP contribution in [0.4, 0.5) is 4.79 Å². The van der Waals surface area contributed by atoms with Crippen molar-refractivity contribution in [1.29, 1.82) is 0 Å². The fourth-order valence-corrected chi connectivity index (χ4v) is 3.98. The van der Waals surface area contributed by atoms with Crippen LogP contribution in [0.5, 0.6) is 11.5 Å². The van der Waals surface area contributed by atoms with E-state index in [0.717, 1.165) is 29.5 Å². The number of ether oxygens (including phenoxy) is 3. The van der Waals surface area contributed by atoms with E-state index >= 15 is 0 Å². The molecule has 1 aromatic rings. The van der Waals surface area contributed by atoms with Crippen molar-refractivity contribution in [2.75, 3.05) is 32.9 Å². The molecule has 0 radical (unpaired) electrons. The maximum Gasteiger partial charge on any atom is 0.294 e. The molecule has 0 bridgehead atoms. The van der Waals surface area contributed by atoms with Gasteiger partial charge in [0.1, 0.15) is 13.2 Å². The molecule has 1 N–H and O–H groups in total. The number of hydrogen-bond donors (Lipinski definition) is 1. The van der Waals surface area contributed by atoms with Crippen molar-refractivity contribution >= 4 is 34.9 Å². The average Bonchev–Trinajstić information content (AvgIpc) is 3.36. The number of benzene rings is 1. The molecule has 8 nitrogen and oxygen atoms in total. The van der Waals surface area contributed by atoms with Crippen LogP contribution in [0.1, 0.15) is 25.3 Å². The van der Waals surface area contributed by atoms with E-state index in [1.807, 2.05) is 6.92 Å². The van der Waals surface area contributed by atoms with Gasteiger partial charge in [0.25, 0.3) is 11.1 Å². The lowest BCUT2D eigenvalue weighted by atomic mass is 10.2. The molecule has 0 aromatic heterocycles. The second-order valence-corrected chi connectivity index (χ2v) is 7.83. The van der Waals surface area contributed by atoms with E-state index in [4.69, 9.17) is 20.6 Å². The third kappa shape index (κ3) is 6.03. The second kappa shape index (κ2) is 10.9. The lowest BCUT2D eigenvalue weighted by Gasteiger charge is -2.14. The Hall–Kier alpha value is -2.96. The molecular formula is C22H24N2O6S. The van der Waals surface area contributed by atoms with Gasteiger partial charge in [-0.2, -0.15) is 0 Å². The fraction of sp³-hybridized carbons (Fsp3) is 0.409. The van der Waals surface area contributed by atoms with Gasteiger partial charge in [-0.15, -0.1) is 6.42 Å². The molecule has 2 heterocycles. The highest BCUT2D eigenvalue weighted by molar-refractivity contribution is 8.18. The zero-order chi connectivity index (χ0) is 22.2. The molecule has 31 heavy (non-hydrogen) atoms. The Kier molecular flexibility index (Phi) is 7.98. The standard InChI is InChI=1S/C22H24N2O6S/c1-3-9-30-17-8-7-15(11-18(17)28-4-2)12-19-21(26)24(22(27)31-19)14-20(25)23-13-16-6-5-10-29-16/h1,7-8,11-12,16H,4-6,9-10,13-14H2,2H3,(H,23,25)/b19-12-/t16-/m1/s1. The van der Waals surface area contributed by atoms with Crippen molar-refractivity contribution in [2.45, 2.75) is 25.9 Å². The average molecular weight is 445 g/mol. The van der Waals surface area contributed by atoms with Crippen LogP contribution in [-0.4, -0.2) is 61.0 Å². The molecule has 9 heteroatoms. The Morgan fingerprint density at radius 1 is 1.39 bits per heavy atom. The number of terminal acetylenes is 1. The minimum Gasteiger partial charge on any atom is -0.490 e. The van der Waals surface area contributed by atoms with Crippen molar-refractivity contribution in [1.82, 2.24) is 10.2 Å². The molecule has 1 aromatic carbocycles. The van der Waals surface area contributed by atoms with Crippen molar-refractivity contribution < 1.29 is 28.6 Å². The van der Waals surface area contributed by atoms with Crippen molar-refractivity contribution in [3.8, 4) is 23.8 Å². The number of hydrogen-bond acceptors (Lipinski definition) is 7. The van der Waals surface area contributed by atoms with Crippen LogP contribution in [-0.2, 0) is 14.3 Å². The smallest absolute Gasteiger partial charge is 0.294 e. The molecule has 2 aliphatic heterocycles. The maximum atomic E-state index is 12.7. The Bertz CT molecular complexity index is 917. The third-order valence-corrected chi connectivity index (χ3v) is 5.51. The number of rotatable bonds is 9. The first-order valence-corrected chi connectivity index (χ1v) is 10.8. The first-order chi connectivity index (χ1) is 15.0. The summed E-state index contributed by atoms with van der Waals surface area (Å²) in [5, 5.41) is 2.23. The molecule has 164 valence electrons. The Labute approximate surface area is 185 Å². The van der Waals surface area contributed by atoms with Crippen LogP contribution in [0, 0.1) is 12.3 Å². The van der Waals surface area contributed by atoms with Crippen molar-refractivity contribution in [2.24, 2.45) is 0 Å². The number of carbonyl (C=O) groups excluding carboxylic acids is 3. The first-order valence-electron chi connectivity index (χ1n) is 9.98. The highest BCUT2D eigenvalue weighted by Crippen LogP contribution is 2.34. The van der Waals surface area contributed by atoms with Crippen LogP contribution in [0.3, 0.4) is 0 Å². The van der Waals surface area contributed by atoms with Gasteiger partial charge in [0.05, 0.1) is 17.6 Å². The van der Waals surface area contributed by atoms with E-state index in [-0.39, 0.29) is 24.2 Å². The SMILES string of the molecule is C#CCOc1ccc(/C=C2\SC(=O)N(CC(=O)NC[C@H]3CCCO3)C2=O)cc1OCC. The van der Waals surface area contributed by atoms with Crippen LogP contribution < -0.4 is 14.8 Å². The summed E-state index contributed by atoms with van der Waals surface area (Å²) < 4.78 is 16.5. The summed E-state index contributed by atoms with van der Waals surface area (Å²) in [6.07, 6.45) is 8.66. The normalized spacial score (nSPS) is 19.5. The zero-order valence-electron chi connectivity index (χ0n) is 17.2. The summed E-state index contributed by atoms with van der Waals surface area (Å²) in [6, 6.07) is 5.13. The highest BCUT2D eigenvalue weighted by atomic mass is 32.2. The third-order valence-electron chi connectivity index (χ3n) is 4.60. The van der Waals surface area contributed by atoms with E-state index in [1.165, 1.54) is 0 Å². The van der Waals surface area contributed by atoms with Gasteiger partial charge in [-0.3, -0.25) is 19.3 Å². The van der Waals surface area contributed by atoms with E-state index < -0.39 is 17.1 Å². The van der Waals surface area contributed by atoms with Gasteiger partial charge in [-0.25, -0.2) is 0 Å². The highest BCUT2D eigenvalue weighted by Gasteiger charge is 2.36. The molecule has 0 unspecified atom stereocenters. The summed E-state index contributed by atoms with van der Waals surface area (Å²) >= 11 is 0.795. The number of thioether (sulfide) groups is 1. The molecule has 3 amide bonds. The van der Waals surface area contributed by atoms with Gasteiger partial charge >= 0.3 is 0 Å². The maximum absolute atomic E-state index is 12.7. The summed E-state index contributed by atoms with van der Waals surface area (Å²) in [4.78, 5) is 38.3. The molecule has 2 aliphatic rings. The quantitative estimate of drug-likeness (QED) is 0.462. The minimum absolute atomic E-state index is 0.00844. The predicted octanol–water partition coefficient (Wildman–Crippen LogP) is 2.43. The van der Waals surface area contributed by atoms with Crippen LogP contribution in [0.25, 0.3) is 6.08 Å². The lowest BCUT2D eigenvalue weighted by molar-refractivity contribution is -0.129. The summed E-state index contributed by atoms with van der Waals surface area (Å²) in [5.74, 6) is 2.47. The summed E-state index contributed by atoms with van der Waals surface area (Å²) in [7, 11) is 0. The number of imide groups is 1. The van der Waals surface area contributed by atoms with Gasteiger partial charge in [0.2, 0.25) is 5.91 Å². The monoisotopic (exact) mass is 444 g/mol. The molecule has 2 saturated heterocycles. The second-order valence-electron chi connectivity index (χ2n) is 6.84. The van der Waals surface area contributed by atoms with Gasteiger partial charge in [-0.05, 0) is 55.3 Å². The minimum atomic E-state index is -0.507. The topological polar surface area (TPSA) is 94.2 Å². The molecule has 0 saturated carbocycles. The van der Waals surface area contributed by atoms with Crippen LogP contribution >= 0.6 is 11.8 Å². The Balaban J connectivity index is 1.65. The van der Waals surface area contributed by atoms with Gasteiger partial charge in [-0.1, -0.05) is 12.0 Å². The molecule has 0 aliphatic carbocycles. The van der Waals surface area contributed by atoms with Gasteiger partial charge in [0.15, 0.2) is 11.5 Å². The van der Waals surface area contributed by atoms with E-state index in [9.17, 15) is 14.4 Å². The van der Waals surface area contributed by atoms with Crippen molar-refractivity contribution in [3.05, 3.63) is 28.7 Å². The Morgan fingerprint density at radius 2 is 2.23 bits per heavy atom. The van der Waals surface area contributed by atoms with Gasteiger partial charge in [0, 0.05) is 13.2 Å². The molecular weight excluding hydrogens is 420 g/mol. The molecule has 0 spiro atoms. The Morgan fingerprint density at radius 3 is 2.94 bits per heavy atom. The predicted molar refractivity (Wildman–Crippen MR) is 117 cm³/mol. The molecule has 2 fully saturated rings. The zero-order valence-corrected chi connectivity index (χ0v) is 18.0. The van der Waals surface area contributed by atoms with Crippen LogP contribution in [0.15, 0.2) is 23.1 Å². The molecule has 1 atom stereocenters. The summed E-state index contributed by atoms with van der Waals surface area (Å²) in [6.45, 7) is 3.11.